The molecule has 1 rings (SSSR count). The zero-order chi connectivity index (χ0) is 6.15. The van der Waals surface area contributed by atoms with Crippen molar-refractivity contribution in [1.82, 2.24) is 5.59 Å². The number of hydrazine groups is 1. The quantitative estimate of drug-likeness (QED) is 0.316. The van der Waals surface area contributed by atoms with Gasteiger partial charge in [-0.05, 0) is 4.81 Å². The van der Waals surface area contributed by atoms with E-state index in [0.717, 1.165) is 0 Å². The lowest BCUT2D eigenvalue weighted by molar-refractivity contribution is -0.654. The third-order valence-corrected chi connectivity index (χ3v) is 0.680. The van der Waals surface area contributed by atoms with Gasteiger partial charge in [0.25, 0.3) is 0 Å². The van der Waals surface area contributed by atoms with E-state index in [0.29, 0.717) is 4.81 Å². The number of hydrogen-bond donors (Lipinski definition) is 3. The Morgan fingerprint density at radius 3 is 2.62 bits per heavy atom. The third-order valence-electron chi connectivity index (χ3n) is 0.680. The minimum atomic E-state index is -0.722. The highest BCUT2D eigenvalue weighted by Gasteiger charge is 2.13. The molecule has 0 radical (unpaired) electrons. The highest BCUT2D eigenvalue weighted by molar-refractivity contribution is 4.83. The van der Waals surface area contributed by atoms with Gasteiger partial charge in [0, 0.05) is 0 Å². The molecule has 1 heterocycles. The van der Waals surface area contributed by atoms with E-state index in [1.54, 1.807) is 0 Å². The Bertz CT molecular complexity index is 161. The molecule has 0 fully saturated rings. The van der Waals surface area contributed by atoms with Crippen LogP contribution in [-0.2, 0) is 4.84 Å². The first-order chi connectivity index (χ1) is 3.72. The minimum Gasteiger partial charge on any atom is -0.538 e. The van der Waals surface area contributed by atoms with Gasteiger partial charge in [0.15, 0.2) is 5.95 Å². The van der Waals surface area contributed by atoms with Gasteiger partial charge in [0.1, 0.15) is 0 Å². The maximum Gasteiger partial charge on any atom is 0.343 e. The van der Waals surface area contributed by atoms with Crippen LogP contribution in [0.1, 0.15) is 0 Å². The van der Waals surface area contributed by atoms with Gasteiger partial charge in [-0.3, -0.25) is 5.73 Å². The second kappa shape index (κ2) is 1.25. The molecular formula is C2H4N4O2. The van der Waals surface area contributed by atoms with Crippen LogP contribution >= 0.6 is 0 Å². The summed E-state index contributed by atoms with van der Waals surface area (Å²) in [6.45, 7) is 0. The van der Waals surface area contributed by atoms with Crippen molar-refractivity contribution in [3.8, 4) is 0 Å². The van der Waals surface area contributed by atoms with Gasteiger partial charge in [-0.25, -0.2) is 0 Å². The van der Waals surface area contributed by atoms with Crippen LogP contribution in [0.3, 0.4) is 0 Å². The summed E-state index contributed by atoms with van der Waals surface area (Å²) < 4.78 is 0. The number of nitrogens with two attached hydrogens (primary N) is 1. The van der Waals surface area contributed by atoms with Gasteiger partial charge in [-0.1, -0.05) is 0 Å². The molecule has 0 spiro atoms. The maximum absolute atomic E-state index is 10.2. The van der Waals surface area contributed by atoms with Crippen molar-refractivity contribution in [2.24, 2.45) is 5.73 Å². The summed E-state index contributed by atoms with van der Waals surface area (Å²) in [6, 6.07) is 0. The molecule has 0 aliphatic carbocycles. The summed E-state index contributed by atoms with van der Waals surface area (Å²) in [5.74, 6) is -0.981. The van der Waals surface area contributed by atoms with Crippen LogP contribution in [0.5, 0.6) is 0 Å². The molecule has 44 valence electrons. The Morgan fingerprint density at radius 1 is 1.88 bits per heavy atom. The highest BCUT2D eigenvalue weighted by atomic mass is 16.8. The molecule has 8 heavy (non-hydrogen) atoms. The van der Waals surface area contributed by atoms with Crippen LogP contribution in [0.2, 0.25) is 0 Å². The Hall–Kier alpha value is -1.46. The number of nitrogens with zero attached hydrogens (tertiary/aromatic N) is 1. The van der Waals surface area contributed by atoms with Gasteiger partial charge in [0.05, 0.1) is 0 Å². The fourth-order valence-electron chi connectivity index (χ4n) is 0.280. The van der Waals surface area contributed by atoms with Crippen molar-refractivity contribution in [2.75, 3.05) is 0 Å². The zero-order valence-electron chi connectivity index (χ0n) is 3.84. The summed E-state index contributed by atoms with van der Waals surface area (Å²) in [5.41, 5.74) is 13.5. The number of rotatable bonds is 0. The number of hydrogen-bond acceptors (Lipinski definition) is 4. The Labute approximate surface area is 44.6 Å². The van der Waals surface area contributed by atoms with Crippen LogP contribution < -0.4 is 16.4 Å². The molecular weight excluding hydrogens is 112 g/mol. The minimum absolute atomic E-state index is 0.259. The lowest BCUT2D eigenvalue weighted by atomic mass is 10.8. The molecule has 0 saturated carbocycles. The molecule has 6 heteroatoms. The summed E-state index contributed by atoms with van der Waals surface area (Å²) in [6.07, 6.45) is 0. The molecule has 0 aromatic carbocycles. The summed E-state index contributed by atoms with van der Waals surface area (Å²) in [5, 5.41) is 10.2. The molecule has 0 aromatic heterocycles. The standard InChI is InChI=1S/C2H3N4O2/c3-1-2(7)8-5-6(1)4/h3-5H/q-1/p+1. The molecule has 0 bridgehead atoms. The first kappa shape index (κ1) is 4.69. The summed E-state index contributed by atoms with van der Waals surface area (Å²) in [4.78, 5) is 4.61. The molecule has 0 unspecified atom stereocenters. The molecule has 1 aliphatic heterocycles. The van der Waals surface area contributed by atoms with E-state index in [9.17, 15) is 5.11 Å². The lowest BCUT2D eigenvalue weighted by Gasteiger charge is -1.98. The topological polar surface area (TPSA) is 97.2 Å². The largest absolute Gasteiger partial charge is 0.538 e. The van der Waals surface area contributed by atoms with Crippen molar-refractivity contribution in [3.05, 3.63) is 11.8 Å². The monoisotopic (exact) mass is 116 g/mol. The summed E-state index contributed by atoms with van der Waals surface area (Å²) >= 11 is 0. The second-order valence-electron chi connectivity index (χ2n) is 1.20. The highest BCUT2D eigenvalue weighted by Crippen LogP contribution is 1.97. The third kappa shape index (κ3) is 0.427. The van der Waals surface area contributed by atoms with E-state index in [-0.39, 0.29) is 5.82 Å². The van der Waals surface area contributed by atoms with Gasteiger partial charge in [-0.2, -0.15) is 5.59 Å². The van der Waals surface area contributed by atoms with Crippen LogP contribution in [0.4, 0.5) is 0 Å². The SMILES string of the molecule is N=[N+]1NOC([O-])=C1N. The van der Waals surface area contributed by atoms with E-state index < -0.39 is 5.95 Å². The van der Waals surface area contributed by atoms with Crippen molar-refractivity contribution in [2.45, 2.75) is 0 Å². The molecule has 4 N–H and O–H groups in total. The first-order valence-corrected chi connectivity index (χ1v) is 1.82. The predicted molar refractivity (Wildman–Crippen MR) is 18.4 cm³/mol. The second-order valence-corrected chi connectivity index (χ2v) is 1.20. The summed E-state index contributed by atoms with van der Waals surface area (Å²) in [7, 11) is 0. The van der Waals surface area contributed by atoms with Gasteiger partial charge >= 0.3 is 5.82 Å². The molecule has 1 aliphatic rings. The smallest absolute Gasteiger partial charge is 0.343 e. The van der Waals surface area contributed by atoms with Crippen LogP contribution in [0, 0.1) is 5.53 Å². The zero-order valence-corrected chi connectivity index (χ0v) is 3.84. The molecule has 0 aromatic rings. The van der Waals surface area contributed by atoms with E-state index in [1.165, 1.54) is 0 Å². The van der Waals surface area contributed by atoms with E-state index in [1.807, 2.05) is 5.59 Å². The lowest BCUT2D eigenvalue weighted by Crippen LogP contribution is -2.20. The fourth-order valence-corrected chi connectivity index (χ4v) is 0.280. The average molecular weight is 116 g/mol. The van der Waals surface area contributed by atoms with Gasteiger partial charge in [0.2, 0.25) is 0 Å². The Balaban J connectivity index is 2.86. The van der Waals surface area contributed by atoms with E-state index >= 15 is 0 Å². The Kier molecular flexibility index (Phi) is 0.736. The van der Waals surface area contributed by atoms with Gasteiger partial charge < -0.3 is 9.94 Å². The fraction of sp³-hybridized carbons (Fsp3) is 0. The van der Waals surface area contributed by atoms with Crippen molar-refractivity contribution >= 4 is 0 Å². The van der Waals surface area contributed by atoms with E-state index in [4.69, 9.17) is 11.3 Å². The maximum atomic E-state index is 10.2. The van der Waals surface area contributed by atoms with Crippen molar-refractivity contribution in [1.29, 1.82) is 5.53 Å². The molecule has 0 saturated heterocycles. The van der Waals surface area contributed by atoms with Crippen LogP contribution in [0.15, 0.2) is 11.8 Å². The van der Waals surface area contributed by atoms with Crippen molar-refractivity contribution in [3.63, 3.8) is 0 Å². The van der Waals surface area contributed by atoms with Crippen LogP contribution in [0.25, 0.3) is 0 Å². The molecule has 0 atom stereocenters. The average Bonchev–Trinajstić information content (AvgIpc) is 1.98. The molecule has 0 amide bonds. The first-order valence-electron chi connectivity index (χ1n) is 1.82. The normalized spacial score (nSPS) is 18.2. The van der Waals surface area contributed by atoms with Gasteiger partial charge in [-0.15, -0.1) is 5.53 Å². The van der Waals surface area contributed by atoms with E-state index in [2.05, 4.69) is 4.84 Å². The Morgan fingerprint density at radius 2 is 2.50 bits per heavy atom. The van der Waals surface area contributed by atoms with Crippen molar-refractivity contribution < 1.29 is 14.8 Å². The predicted octanol–water partition coefficient (Wildman–Crippen LogP) is -2.07. The van der Waals surface area contributed by atoms with Crippen LogP contribution in [-0.4, -0.2) is 4.81 Å². The number of nitrogens with one attached hydrogen (secondary N) is 2. The molecule has 6 nitrogen and oxygen atoms in total.